The molecule has 0 radical (unpaired) electrons. The van der Waals surface area contributed by atoms with Gasteiger partial charge >= 0.3 is 183 Å². The van der Waals surface area contributed by atoms with E-state index < -0.39 is 18.4 Å². The van der Waals surface area contributed by atoms with Gasteiger partial charge in [0.25, 0.3) is 0 Å². The van der Waals surface area contributed by atoms with Gasteiger partial charge in [0.05, 0.1) is 0 Å². The molecule has 0 aromatic carbocycles. The van der Waals surface area contributed by atoms with Crippen molar-refractivity contribution in [2.75, 3.05) is 0 Å². The zero-order chi connectivity index (χ0) is 21.1. The number of hydrogen-bond acceptors (Lipinski definition) is 1. The molecule has 0 saturated carbocycles. The van der Waals surface area contributed by atoms with E-state index in [1.807, 2.05) is 3.59 Å². The van der Waals surface area contributed by atoms with Crippen molar-refractivity contribution in [3.63, 3.8) is 0 Å². The molecule has 168 valence electrons. The van der Waals surface area contributed by atoms with Gasteiger partial charge in [-0.05, 0) is 0 Å². The van der Waals surface area contributed by atoms with Gasteiger partial charge in [-0.15, -0.1) is 0 Å². The summed E-state index contributed by atoms with van der Waals surface area (Å²) in [4.78, 5) is 0. The third-order valence-electron chi connectivity index (χ3n) is 6.50. The monoisotopic (exact) mass is 502 g/mol. The van der Waals surface area contributed by atoms with Crippen LogP contribution in [0.5, 0.6) is 0 Å². The van der Waals surface area contributed by atoms with Crippen molar-refractivity contribution < 1.29 is 5.11 Å². The molecule has 0 aliphatic heterocycles. The van der Waals surface area contributed by atoms with Crippen LogP contribution < -0.4 is 0 Å². The van der Waals surface area contributed by atoms with E-state index in [0.29, 0.717) is 0 Å². The van der Waals surface area contributed by atoms with Gasteiger partial charge in [0.1, 0.15) is 0 Å². The van der Waals surface area contributed by atoms with E-state index >= 15 is 0 Å². The Kier molecular flexibility index (Phi) is 19.8. The first kappa shape index (κ1) is 28.5. The van der Waals surface area contributed by atoms with Crippen LogP contribution in [0.25, 0.3) is 0 Å². The first-order valence-corrected chi connectivity index (χ1v) is 20.5. The maximum absolute atomic E-state index is 10.8. The molecule has 1 N–H and O–H groups in total. The molecule has 0 amide bonds. The molecule has 0 rings (SSSR count). The van der Waals surface area contributed by atoms with Crippen molar-refractivity contribution in [3.05, 3.63) is 9.67 Å². The molecular formula is C26H54OSn. The minimum absolute atomic E-state index is 0.186. The van der Waals surface area contributed by atoms with Gasteiger partial charge in [0, 0.05) is 0 Å². The van der Waals surface area contributed by atoms with Crippen LogP contribution >= 0.6 is 0 Å². The Bertz CT molecular complexity index is 342. The summed E-state index contributed by atoms with van der Waals surface area (Å²) in [5.41, 5.74) is 0. The predicted molar refractivity (Wildman–Crippen MR) is 132 cm³/mol. The first-order valence-electron chi connectivity index (χ1n) is 13.0. The number of allylic oxidation sites excluding steroid dienone is 1. The van der Waals surface area contributed by atoms with Crippen LogP contribution in [0.4, 0.5) is 0 Å². The average Bonchev–Trinajstić information content (AvgIpc) is 2.70. The summed E-state index contributed by atoms with van der Waals surface area (Å²) >= 11 is -2.38. The van der Waals surface area contributed by atoms with E-state index in [1.54, 1.807) is 0 Å². The third kappa shape index (κ3) is 12.9. The number of aliphatic hydroxyl groups excluding tert-OH is 1. The molecule has 0 aromatic heterocycles. The summed E-state index contributed by atoms with van der Waals surface area (Å²) in [6.07, 6.45) is 21.9. The van der Waals surface area contributed by atoms with Crippen molar-refractivity contribution >= 4 is 18.4 Å². The van der Waals surface area contributed by atoms with Gasteiger partial charge in [-0.3, -0.25) is 0 Å². The molecule has 0 saturated heterocycles. The molecule has 0 fully saturated rings. The zero-order valence-corrected chi connectivity index (χ0v) is 23.2. The molecule has 1 atom stereocenters. The fourth-order valence-corrected chi connectivity index (χ4v) is 21.9. The Balaban J connectivity index is 5.56. The van der Waals surface area contributed by atoms with Gasteiger partial charge in [-0.25, -0.2) is 0 Å². The van der Waals surface area contributed by atoms with E-state index in [0.717, 1.165) is 6.42 Å². The summed E-state index contributed by atoms with van der Waals surface area (Å²) < 4.78 is 6.44. The Morgan fingerprint density at radius 2 is 1.11 bits per heavy atom. The molecule has 0 aliphatic carbocycles. The third-order valence-corrected chi connectivity index (χ3v) is 22.8. The summed E-state index contributed by atoms with van der Waals surface area (Å²) in [6, 6.07) is 0. The van der Waals surface area contributed by atoms with Crippen molar-refractivity contribution in [1.82, 2.24) is 0 Å². The van der Waals surface area contributed by atoms with Crippen LogP contribution in [0.1, 0.15) is 131 Å². The molecule has 28 heavy (non-hydrogen) atoms. The molecule has 1 nitrogen and oxygen atoms in total. The zero-order valence-electron chi connectivity index (χ0n) is 20.3. The fraction of sp³-hybridized carbons (Fsp3) is 0.923. The second kappa shape index (κ2) is 19.5. The van der Waals surface area contributed by atoms with E-state index in [2.05, 4.69) is 40.7 Å². The standard InChI is InChI=1S/C14H27O.3C4H9.Sn/c1-3-5-7-8-9-11-13-14(15)12-10-6-4-2;3*1-3-4-2;/h13-15H,3-10,12H2,1-2H3;3*1,3-4H2,2H3;. The van der Waals surface area contributed by atoms with Gasteiger partial charge < -0.3 is 0 Å². The molecule has 0 aromatic rings. The minimum atomic E-state index is -2.38. The molecule has 0 bridgehead atoms. The van der Waals surface area contributed by atoms with Crippen LogP contribution in [-0.2, 0) is 0 Å². The number of aliphatic hydroxyl groups is 1. The summed E-state index contributed by atoms with van der Waals surface area (Å²) in [5, 5.41) is 10.8. The SMILES string of the molecule is CCCCCC/[C](=C/C(O)CCCCC)[Sn]([CH2]CCC)([CH2]CCC)[CH2]CCC. The molecule has 0 heterocycles. The van der Waals surface area contributed by atoms with Crippen molar-refractivity contribution in [1.29, 1.82) is 0 Å². The summed E-state index contributed by atoms with van der Waals surface area (Å²) in [6.45, 7) is 11.6. The molecular weight excluding hydrogens is 447 g/mol. The van der Waals surface area contributed by atoms with Gasteiger partial charge in [0.15, 0.2) is 0 Å². The number of rotatable bonds is 20. The Morgan fingerprint density at radius 1 is 0.643 bits per heavy atom. The van der Waals surface area contributed by atoms with E-state index in [-0.39, 0.29) is 6.10 Å². The number of unbranched alkanes of at least 4 members (excludes halogenated alkanes) is 8. The first-order chi connectivity index (χ1) is 13.6. The second-order valence-electron chi connectivity index (χ2n) is 9.16. The van der Waals surface area contributed by atoms with E-state index in [9.17, 15) is 5.11 Å². The van der Waals surface area contributed by atoms with Crippen LogP contribution in [0.15, 0.2) is 9.67 Å². The van der Waals surface area contributed by atoms with Crippen molar-refractivity contribution in [2.45, 2.75) is 150 Å². The quantitative estimate of drug-likeness (QED) is 0.130. The maximum atomic E-state index is 10.8. The number of hydrogen-bond donors (Lipinski definition) is 1. The summed E-state index contributed by atoms with van der Waals surface area (Å²) in [5.74, 6) is 0. The second-order valence-corrected chi connectivity index (χ2v) is 22.6. The molecule has 1 unspecified atom stereocenters. The Morgan fingerprint density at radius 3 is 1.57 bits per heavy atom. The van der Waals surface area contributed by atoms with Crippen LogP contribution in [-0.4, -0.2) is 29.6 Å². The van der Waals surface area contributed by atoms with Crippen LogP contribution in [0.3, 0.4) is 0 Å². The van der Waals surface area contributed by atoms with Crippen molar-refractivity contribution in [2.24, 2.45) is 0 Å². The molecule has 0 spiro atoms. The summed E-state index contributed by atoms with van der Waals surface area (Å²) in [7, 11) is 0. The Hall–Kier alpha value is 0.499. The molecule has 0 aliphatic rings. The predicted octanol–water partition coefficient (Wildman–Crippen LogP) is 9.21. The average molecular weight is 501 g/mol. The van der Waals surface area contributed by atoms with Crippen LogP contribution in [0.2, 0.25) is 13.3 Å². The van der Waals surface area contributed by atoms with Gasteiger partial charge in [-0.2, -0.15) is 0 Å². The topological polar surface area (TPSA) is 20.2 Å². The normalized spacial score (nSPS) is 13.9. The van der Waals surface area contributed by atoms with Crippen molar-refractivity contribution in [3.8, 4) is 0 Å². The molecule has 2 heteroatoms. The Labute approximate surface area is 183 Å². The fourth-order valence-electron chi connectivity index (χ4n) is 4.59. The van der Waals surface area contributed by atoms with Crippen LogP contribution in [0, 0.1) is 0 Å². The van der Waals surface area contributed by atoms with Gasteiger partial charge in [0.2, 0.25) is 0 Å². The van der Waals surface area contributed by atoms with E-state index in [4.69, 9.17) is 0 Å². The van der Waals surface area contributed by atoms with Gasteiger partial charge in [-0.1, -0.05) is 0 Å². The van der Waals surface area contributed by atoms with E-state index in [1.165, 1.54) is 103 Å².